The largest absolute Gasteiger partial charge is 0.467 e. The molecule has 5 rings (SSSR count). The van der Waals surface area contributed by atoms with Gasteiger partial charge in [-0.25, -0.2) is 9.79 Å². The number of esters is 1. The summed E-state index contributed by atoms with van der Waals surface area (Å²) in [5.41, 5.74) is 4.63. The van der Waals surface area contributed by atoms with Gasteiger partial charge in [0.2, 0.25) is 5.91 Å². The number of amidine groups is 1. The highest BCUT2D eigenvalue weighted by Gasteiger charge is 2.42. The SMILES string of the molecule is CCOC(=O)C1=C(c2ccccc2)N=C2SC=C(CC(=O)NCc3ccco3)N2[C@H]1c1cccc(C)c1. The first-order valence-corrected chi connectivity index (χ1v) is 13.0. The van der Waals surface area contributed by atoms with Crippen LogP contribution in [0.15, 0.2) is 99.1 Å². The molecule has 1 aromatic heterocycles. The number of furan rings is 1. The summed E-state index contributed by atoms with van der Waals surface area (Å²) in [5.74, 6) is 0.109. The predicted molar refractivity (Wildman–Crippen MR) is 144 cm³/mol. The zero-order valence-electron chi connectivity index (χ0n) is 20.6. The summed E-state index contributed by atoms with van der Waals surface area (Å²) in [6, 6.07) is 20.8. The van der Waals surface area contributed by atoms with Gasteiger partial charge >= 0.3 is 5.97 Å². The van der Waals surface area contributed by atoms with Gasteiger partial charge < -0.3 is 19.4 Å². The smallest absolute Gasteiger partial charge is 0.338 e. The third kappa shape index (κ3) is 5.24. The normalized spacial score (nSPS) is 16.7. The molecule has 1 N–H and O–H groups in total. The van der Waals surface area contributed by atoms with Crippen LogP contribution >= 0.6 is 11.8 Å². The van der Waals surface area contributed by atoms with Crippen molar-refractivity contribution in [3.05, 3.63) is 112 Å². The Morgan fingerprint density at radius 2 is 1.95 bits per heavy atom. The van der Waals surface area contributed by atoms with Crippen LogP contribution in [-0.4, -0.2) is 28.6 Å². The highest BCUT2D eigenvalue weighted by Crippen LogP contribution is 2.47. The van der Waals surface area contributed by atoms with E-state index in [0.29, 0.717) is 28.7 Å². The number of ether oxygens (including phenoxy) is 1. The monoisotopic (exact) mass is 513 g/mol. The van der Waals surface area contributed by atoms with Crippen LogP contribution in [0.2, 0.25) is 0 Å². The molecule has 0 spiro atoms. The van der Waals surface area contributed by atoms with E-state index < -0.39 is 12.0 Å². The number of amides is 1. The number of rotatable bonds is 8. The van der Waals surface area contributed by atoms with Gasteiger partial charge in [0, 0.05) is 11.3 Å². The van der Waals surface area contributed by atoms with Crippen LogP contribution in [0.1, 0.15) is 41.8 Å². The molecule has 0 saturated heterocycles. The van der Waals surface area contributed by atoms with Gasteiger partial charge in [0.15, 0.2) is 5.17 Å². The molecule has 3 aromatic rings. The summed E-state index contributed by atoms with van der Waals surface area (Å²) >= 11 is 1.45. The first kappa shape index (κ1) is 24.6. The van der Waals surface area contributed by atoms with E-state index in [4.69, 9.17) is 14.1 Å². The molecule has 8 heteroatoms. The number of benzene rings is 2. The average molecular weight is 514 g/mol. The topological polar surface area (TPSA) is 84.1 Å². The number of aliphatic imine (C=N–C) groups is 1. The number of hydrogen-bond donors (Lipinski definition) is 1. The third-order valence-electron chi connectivity index (χ3n) is 6.09. The van der Waals surface area contributed by atoms with Crippen LogP contribution < -0.4 is 5.32 Å². The summed E-state index contributed by atoms with van der Waals surface area (Å²) in [4.78, 5) is 33.3. The highest BCUT2D eigenvalue weighted by atomic mass is 32.2. The minimum Gasteiger partial charge on any atom is -0.467 e. The molecule has 0 fully saturated rings. The van der Waals surface area contributed by atoms with E-state index in [0.717, 1.165) is 22.4 Å². The fourth-order valence-corrected chi connectivity index (χ4v) is 5.39. The van der Waals surface area contributed by atoms with Crippen molar-refractivity contribution in [2.24, 2.45) is 4.99 Å². The van der Waals surface area contributed by atoms with Crippen LogP contribution in [0, 0.1) is 6.92 Å². The molecule has 3 heterocycles. The molecule has 188 valence electrons. The van der Waals surface area contributed by atoms with E-state index in [-0.39, 0.29) is 18.9 Å². The molecule has 7 nitrogen and oxygen atoms in total. The molecule has 0 saturated carbocycles. The molecular formula is C29H27N3O4S. The molecule has 37 heavy (non-hydrogen) atoms. The number of nitrogens with one attached hydrogen (secondary N) is 1. The van der Waals surface area contributed by atoms with E-state index >= 15 is 0 Å². The first-order valence-electron chi connectivity index (χ1n) is 12.1. The van der Waals surface area contributed by atoms with Crippen molar-refractivity contribution >= 4 is 34.5 Å². The van der Waals surface area contributed by atoms with Gasteiger partial charge in [0.25, 0.3) is 0 Å². The van der Waals surface area contributed by atoms with Crippen molar-refractivity contribution in [1.82, 2.24) is 10.2 Å². The van der Waals surface area contributed by atoms with Gasteiger partial charge in [-0.15, -0.1) is 0 Å². The van der Waals surface area contributed by atoms with Crippen molar-refractivity contribution < 1.29 is 18.7 Å². The second-order valence-electron chi connectivity index (χ2n) is 8.69. The summed E-state index contributed by atoms with van der Waals surface area (Å²) in [7, 11) is 0. The van der Waals surface area contributed by atoms with Crippen molar-refractivity contribution in [3.63, 3.8) is 0 Å². The zero-order valence-corrected chi connectivity index (χ0v) is 21.5. The van der Waals surface area contributed by atoms with E-state index in [9.17, 15) is 9.59 Å². The molecule has 0 aliphatic carbocycles. The van der Waals surface area contributed by atoms with Crippen molar-refractivity contribution in [1.29, 1.82) is 0 Å². The van der Waals surface area contributed by atoms with Gasteiger partial charge in [0.1, 0.15) is 5.76 Å². The second kappa shape index (κ2) is 10.9. The Kier molecular flexibility index (Phi) is 7.28. The average Bonchev–Trinajstić information content (AvgIpc) is 3.57. The Balaban J connectivity index is 1.55. The zero-order chi connectivity index (χ0) is 25.8. The predicted octanol–water partition coefficient (Wildman–Crippen LogP) is 5.57. The maximum absolute atomic E-state index is 13.5. The summed E-state index contributed by atoms with van der Waals surface area (Å²) in [6.07, 6.45) is 1.71. The van der Waals surface area contributed by atoms with Crippen LogP contribution in [0.5, 0.6) is 0 Å². The van der Waals surface area contributed by atoms with E-state index in [1.165, 1.54) is 11.8 Å². The lowest BCUT2D eigenvalue weighted by atomic mass is 9.90. The quantitative estimate of drug-likeness (QED) is 0.397. The summed E-state index contributed by atoms with van der Waals surface area (Å²) < 4.78 is 10.9. The minimum atomic E-state index is -0.499. The summed E-state index contributed by atoms with van der Waals surface area (Å²) in [6.45, 7) is 4.36. The second-order valence-corrected chi connectivity index (χ2v) is 9.53. The van der Waals surface area contributed by atoms with E-state index in [2.05, 4.69) is 11.4 Å². The molecule has 1 atom stereocenters. The fourth-order valence-electron chi connectivity index (χ4n) is 4.47. The number of nitrogens with zero attached hydrogens (tertiary/aromatic N) is 2. The number of thioether (sulfide) groups is 1. The standard InChI is InChI=1S/C29H27N3O4S/c1-3-35-28(34)25-26(20-10-5-4-6-11-20)31-29-32(27(25)21-12-7-9-19(2)15-21)22(18-37-29)16-24(33)30-17-23-13-8-14-36-23/h4-15,18,27H,3,16-17H2,1-2H3,(H,30,33)/t27-/m0/s1. The van der Waals surface area contributed by atoms with Gasteiger partial charge in [-0.3, -0.25) is 4.79 Å². The summed E-state index contributed by atoms with van der Waals surface area (Å²) in [5, 5.41) is 5.56. The number of hydrogen-bond acceptors (Lipinski definition) is 7. The van der Waals surface area contributed by atoms with E-state index in [1.807, 2.05) is 71.8 Å². The molecule has 0 bridgehead atoms. The fraction of sp³-hybridized carbons (Fsp3) is 0.207. The van der Waals surface area contributed by atoms with Crippen LogP contribution in [0.25, 0.3) is 5.70 Å². The number of carbonyl (C=O) groups is 2. The molecular weight excluding hydrogens is 486 g/mol. The Bertz CT molecular complexity index is 1390. The van der Waals surface area contributed by atoms with Gasteiger partial charge in [-0.2, -0.15) is 0 Å². The van der Waals surface area contributed by atoms with Crippen molar-refractivity contribution in [2.45, 2.75) is 32.9 Å². The lowest BCUT2D eigenvalue weighted by molar-refractivity contribution is -0.139. The Morgan fingerprint density at radius 1 is 1.11 bits per heavy atom. The molecule has 2 aromatic carbocycles. The van der Waals surface area contributed by atoms with Crippen molar-refractivity contribution in [3.8, 4) is 0 Å². The Hall–Kier alpha value is -4.04. The number of aryl methyl sites for hydroxylation is 1. The molecule has 1 amide bonds. The van der Waals surface area contributed by atoms with Crippen LogP contribution in [0.4, 0.5) is 0 Å². The third-order valence-corrected chi connectivity index (χ3v) is 6.98. The molecule has 0 radical (unpaired) electrons. The van der Waals surface area contributed by atoms with Gasteiger partial charge in [0.05, 0.1) is 43.1 Å². The molecule has 2 aliphatic rings. The van der Waals surface area contributed by atoms with Gasteiger partial charge in [-0.1, -0.05) is 71.9 Å². The Morgan fingerprint density at radius 3 is 2.68 bits per heavy atom. The first-order chi connectivity index (χ1) is 18.0. The number of carbonyl (C=O) groups excluding carboxylic acids is 2. The molecule has 0 unspecified atom stereocenters. The van der Waals surface area contributed by atoms with E-state index in [1.54, 1.807) is 19.3 Å². The van der Waals surface area contributed by atoms with Gasteiger partial charge in [-0.05, 0) is 37.0 Å². The Labute approximate surface area is 219 Å². The highest BCUT2D eigenvalue weighted by molar-refractivity contribution is 8.16. The lowest BCUT2D eigenvalue weighted by Gasteiger charge is -2.37. The maximum atomic E-state index is 13.5. The van der Waals surface area contributed by atoms with Crippen molar-refractivity contribution in [2.75, 3.05) is 6.61 Å². The van der Waals surface area contributed by atoms with Crippen LogP contribution in [-0.2, 0) is 20.9 Å². The maximum Gasteiger partial charge on any atom is 0.338 e. The number of fused-ring (bicyclic) bond motifs is 1. The lowest BCUT2D eigenvalue weighted by Crippen LogP contribution is -2.38. The van der Waals surface area contributed by atoms with Crippen LogP contribution in [0.3, 0.4) is 0 Å². The minimum absolute atomic E-state index is 0.131. The molecule has 2 aliphatic heterocycles.